The summed E-state index contributed by atoms with van der Waals surface area (Å²) in [5, 5.41) is 0. The molecule has 1 amide bonds. The van der Waals surface area contributed by atoms with Crippen LogP contribution in [0, 0.1) is 0 Å². The van der Waals surface area contributed by atoms with Crippen molar-refractivity contribution in [1.82, 2.24) is 19.4 Å². The Labute approximate surface area is 183 Å². The van der Waals surface area contributed by atoms with Gasteiger partial charge in [0.05, 0.1) is 11.0 Å². The van der Waals surface area contributed by atoms with Crippen molar-refractivity contribution in [1.29, 1.82) is 0 Å². The van der Waals surface area contributed by atoms with Crippen molar-refractivity contribution >= 4 is 16.9 Å². The van der Waals surface area contributed by atoms with Crippen LogP contribution < -0.4 is 5.56 Å². The summed E-state index contributed by atoms with van der Waals surface area (Å²) in [7, 11) is 0. The molecule has 1 fully saturated rings. The van der Waals surface area contributed by atoms with Crippen molar-refractivity contribution < 1.29 is 4.79 Å². The Morgan fingerprint density at radius 1 is 0.903 bits per heavy atom. The third-order valence-electron chi connectivity index (χ3n) is 5.90. The average molecular weight is 419 g/mol. The van der Waals surface area contributed by atoms with Crippen LogP contribution in [0.4, 0.5) is 0 Å². The number of hydrogen-bond donors (Lipinski definition) is 0. The minimum absolute atomic E-state index is 0.0533. The molecule has 6 nitrogen and oxygen atoms in total. The monoisotopic (exact) mass is 418 g/mol. The first-order valence-electron chi connectivity index (χ1n) is 11.2. The lowest BCUT2D eigenvalue weighted by Gasteiger charge is -2.34. The third-order valence-corrected chi connectivity index (χ3v) is 5.90. The van der Waals surface area contributed by atoms with E-state index in [1.807, 2.05) is 53.4 Å². The summed E-state index contributed by atoms with van der Waals surface area (Å²) in [5.41, 5.74) is 3.39. The maximum atomic E-state index is 13.1. The van der Waals surface area contributed by atoms with Gasteiger partial charge in [-0.15, -0.1) is 0 Å². The number of amides is 1. The standard InChI is InChI=1S/C25H30N4O2/c1-3-13-27-15-17-28(18-16-27)24(30)20-11-9-19(10-12-20)23-25(31)29(14-4-2)22-8-6-5-7-21(22)26-23/h5-12H,3-4,13-18H2,1-2H3. The molecule has 0 unspecified atom stereocenters. The summed E-state index contributed by atoms with van der Waals surface area (Å²) < 4.78 is 1.80. The van der Waals surface area contributed by atoms with Crippen molar-refractivity contribution in [2.75, 3.05) is 32.7 Å². The predicted octanol–water partition coefficient (Wildman–Crippen LogP) is 3.64. The predicted molar refractivity (Wildman–Crippen MR) is 124 cm³/mol. The smallest absolute Gasteiger partial charge is 0.277 e. The topological polar surface area (TPSA) is 58.4 Å². The van der Waals surface area contributed by atoms with Gasteiger partial charge in [0.2, 0.25) is 0 Å². The van der Waals surface area contributed by atoms with Gasteiger partial charge in [0.25, 0.3) is 11.5 Å². The van der Waals surface area contributed by atoms with Gasteiger partial charge in [0, 0.05) is 43.9 Å². The molecule has 2 aromatic carbocycles. The van der Waals surface area contributed by atoms with Crippen LogP contribution in [-0.2, 0) is 6.54 Å². The SMILES string of the molecule is CCCN1CCN(C(=O)c2ccc(-c3nc4ccccc4n(CCC)c3=O)cc2)CC1. The van der Waals surface area contributed by atoms with E-state index < -0.39 is 0 Å². The Bertz CT molecular complexity index is 1110. The van der Waals surface area contributed by atoms with Gasteiger partial charge in [-0.2, -0.15) is 0 Å². The Morgan fingerprint density at radius 2 is 1.58 bits per heavy atom. The van der Waals surface area contributed by atoms with Gasteiger partial charge in [-0.3, -0.25) is 14.5 Å². The summed E-state index contributed by atoms with van der Waals surface area (Å²) in [6.07, 6.45) is 2.00. The number of piperazine rings is 1. The number of carbonyl (C=O) groups excluding carboxylic acids is 1. The second kappa shape index (κ2) is 9.43. The number of benzene rings is 2. The number of para-hydroxylation sites is 2. The van der Waals surface area contributed by atoms with Crippen LogP contribution in [0.25, 0.3) is 22.3 Å². The second-order valence-corrected chi connectivity index (χ2v) is 8.12. The first-order chi connectivity index (χ1) is 15.1. The highest BCUT2D eigenvalue weighted by molar-refractivity contribution is 5.94. The minimum atomic E-state index is -0.0910. The van der Waals surface area contributed by atoms with E-state index in [1.54, 1.807) is 4.57 Å². The fraction of sp³-hybridized carbons (Fsp3) is 0.400. The van der Waals surface area contributed by atoms with Gasteiger partial charge < -0.3 is 9.47 Å². The number of nitrogens with zero attached hydrogens (tertiary/aromatic N) is 4. The van der Waals surface area contributed by atoms with Crippen molar-refractivity contribution in [3.8, 4) is 11.3 Å². The van der Waals surface area contributed by atoms with Crippen LogP contribution in [-0.4, -0.2) is 58.0 Å². The third kappa shape index (κ3) is 4.39. The van der Waals surface area contributed by atoms with Crippen LogP contribution in [0.3, 0.4) is 0 Å². The van der Waals surface area contributed by atoms with E-state index in [0.717, 1.165) is 62.2 Å². The van der Waals surface area contributed by atoms with E-state index in [1.165, 1.54) is 0 Å². The Kier molecular flexibility index (Phi) is 6.47. The molecule has 1 aliphatic heterocycles. The normalized spacial score (nSPS) is 14.8. The number of fused-ring (bicyclic) bond motifs is 1. The number of hydrogen-bond acceptors (Lipinski definition) is 4. The summed E-state index contributed by atoms with van der Waals surface area (Å²) in [5.74, 6) is 0.0533. The fourth-order valence-electron chi connectivity index (χ4n) is 4.27. The van der Waals surface area contributed by atoms with Crippen LogP contribution in [0.2, 0.25) is 0 Å². The number of aromatic nitrogens is 2. The largest absolute Gasteiger partial charge is 0.336 e. The molecule has 0 N–H and O–H groups in total. The van der Waals surface area contributed by atoms with Gasteiger partial charge in [-0.25, -0.2) is 4.98 Å². The fourth-order valence-corrected chi connectivity index (χ4v) is 4.27. The van der Waals surface area contributed by atoms with Crippen molar-refractivity contribution in [3.05, 3.63) is 64.4 Å². The highest BCUT2D eigenvalue weighted by Gasteiger charge is 2.22. The Morgan fingerprint density at radius 3 is 2.26 bits per heavy atom. The molecule has 0 bridgehead atoms. The first kappa shape index (κ1) is 21.2. The van der Waals surface area contributed by atoms with E-state index in [4.69, 9.17) is 0 Å². The molecular formula is C25H30N4O2. The first-order valence-corrected chi connectivity index (χ1v) is 11.2. The van der Waals surface area contributed by atoms with Gasteiger partial charge in [0.15, 0.2) is 0 Å². The molecule has 0 spiro atoms. The Balaban J connectivity index is 1.59. The molecule has 3 aromatic rings. The van der Waals surface area contributed by atoms with Crippen LogP contribution >= 0.6 is 0 Å². The zero-order valence-corrected chi connectivity index (χ0v) is 18.4. The van der Waals surface area contributed by atoms with Crippen LogP contribution in [0.1, 0.15) is 37.0 Å². The summed E-state index contributed by atoms with van der Waals surface area (Å²) in [6, 6.07) is 15.0. The number of carbonyl (C=O) groups is 1. The lowest BCUT2D eigenvalue weighted by molar-refractivity contribution is 0.0637. The van der Waals surface area contributed by atoms with Gasteiger partial charge in [0.1, 0.15) is 5.69 Å². The van der Waals surface area contributed by atoms with Crippen LogP contribution in [0.15, 0.2) is 53.3 Å². The molecule has 4 rings (SSSR count). The summed E-state index contributed by atoms with van der Waals surface area (Å²) in [4.78, 5) is 35.0. The molecule has 2 heterocycles. The number of rotatable bonds is 6. The molecule has 0 atom stereocenters. The molecule has 162 valence electrons. The lowest BCUT2D eigenvalue weighted by atomic mass is 10.1. The summed E-state index contributed by atoms with van der Waals surface area (Å²) in [6.45, 7) is 9.35. The van der Waals surface area contributed by atoms with Gasteiger partial charge in [-0.1, -0.05) is 38.1 Å². The molecule has 0 saturated carbocycles. The van der Waals surface area contributed by atoms with Crippen molar-refractivity contribution in [3.63, 3.8) is 0 Å². The summed E-state index contributed by atoms with van der Waals surface area (Å²) >= 11 is 0. The average Bonchev–Trinajstić information content (AvgIpc) is 2.81. The van der Waals surface area contributed by atoms with Crippen molar-refractivity contribution in [2.45, 2.75) is 33.2 Å². The second-order valence-electron chi connectivity index (χ2n) is 8.12. The highest BCUT2D eigenvalue weighted by Crippen LogP contribution is 2.19. The zero-order valence-electron chi connectivity index (χ0n) is 18.4. The highest BCUT2D eigenvalue weighted by atomic mass is 16.2. The van der Waals surface area contributed by atoms with E-state index in [2.05, 4.69) is 23.7 Å². The van der Waals surface area contributed by atoms with E-state index in [0.29, 0.717) is 17.8 Å². The molecular weight excluding hydrogens is 388 g/mol. The Hall–Kier alpha value is -2.99. The lowest BCUT2D eigenvalue weighted by Crippen LogP contribution is -2.48. The molecule has 31 heavy (non-hydrogen) atoms. The number of aryl methyl sites for hydroxylation is 1. The molecule has 0 radical (unpaired) electrons. The maximum absolute atomic E-state index is 13.1. The van der Waals surface area contributed by atoms with Crippen molar-refractivity contribution in [2.24, 2.45) is 0 Å². The van der Waals surface area contributed by atoms with Gasteiger partial charge >= 0.3 is 0 Å². The molecule has 6 heteroatoms. The molecule has 1 saturated heterocycles. The van der Waals surface area contributed by atoms with E-state index in [-0.39, 0.29) is 11.5 Å². The van der Waals surface area contributed by atoms with E-state index >= 15 is 0 Å². The van der Waals surface area contributed by atoms with E-state index in [9.17, 15) is 9.59 Å². The van der Waals surface area contributed by atoms with Gasteiger partial charge in [-0.05, 0) is 43.7 Å². The zero-order chi connectivity index (χ0) is 21.8. The minimum Gasteiger partial charge on any atom is -0.336 e. The molecule has 0 aliphatic carbocycles. The van der Waals surface area contributed by atoms with Crippen LogP contribution in [0.5, 0.6) is 0 Å². The molecule has 1 aliphatic rings. The quantitative estimate of drug-likeness (QED) is 0.613. The molecule has 1 aromatic heterocycles. The maximum Gasteiger partial charge on any atom is 0.277 e.